The molecule has 5 rings (SSSR count). The highest BCUT2D eigenvalue weighted by atomic mass is 16.3. The summed E-state index contributed by atoms with van der Waals surface area (Å²) < 4.78 is 0. The van der Waals surface area contributed by atoms with Gasteiger partial charge in [0.05, 0.1) is 29.2 Å². The molecule has 32 heavy (non-hydrogen) atoms. The Bertz CT molecular complexity index is 1160. The number of hydrogen-bond acceptors (Lipinski definition) is 4. The van der Waals surface area contributed by atoms with Gasteiger partial charge in [0, 0.05) is 23.2 Å². The summed E-state index contributed by atoms with van der Waals surface area (Å²) in [5.74, 6) is 0. The van der Waals surface area contributed by atoms with E-state index in [9.17, 15) is 9.90 Å². The Morgan fingerprint density at radius 1 is 1.09 bits per heavy atom. The smallest absolute Gasteiger partial charge is 0.322 e. The normalized spacial score (nSPS) is 24.5. The van der Waals surface area contributed by atoms with E-state index in [1.165, 1.54) is 0 Å². The number of pyridine rings is 1. The molecule has 1 aliphatic carbocycles. The van der Waals surface area contributed by atoms with Crippen LogP contribution in [0.2, 0.25) is 0 Å². The molecule has 0 atom stereocenters. The Morgan fingerprint density at radius 3 is 2.41 bits per heavy atom. The van der Waals surface area contributed by atoms with Gasteiger partial charge in [-0.1, -0.05) is 54.6 Å². The van der Waals surface area contributed by atoms with Gasteiger partial charge in [0.15, 0.2) is 0 Å². The van der Waals surface area contributed by atoms with E-state index in [1.807, 2.05) is 44.2 Å². The number of fused-ring (bicyclic) bond motifs is 1. The quantitative estimate of drug-likeness (QED) is 0.582. The fraction of sp³-hybridized carbons (Fsp3) is 0.308. The molecular formula is C26H28N4O2. The minimum Gasteiger partial charge on any atom is -0.390 e. The molecule has 1 saturated carbocycles. The van der Waals surface area contributed by atoms with Crippen LogP contribution in [0.1, 0.15) is 37.9 Å². The van der Waals surface area contributed by atoms with Gasteiger partial charge in [-0.15, -0.1) is 0 Å². The van der Waals surface area contributed by atoms with Crippen molar-refractivity contribution in [3.05, 3.63) is 71.9 Å². The zero-order chi connectivity index (χ0) is 22.5. The number of carbonyl (C=O) groups is 1. The molecule has 0 radical (unpaired) electrons. The van der Waals surface area contributed by atoms with Crippen molar-refractivity contribution in [2.45, 2.75) is 44.4 Å². The van der Waals surface area contributed by atoms with Crippen molar-refractivity contribution in [2.75, 3.05) is 11.4 Å². The van der Waals surface area contributed by atoms with Crippen molar-refractivity contribution in [3.63, 3.8) is 0 Å². The lowest BCUT2D eigenvalue weighted by molar-refractivity contribution is -0.0738. The van der Waals surface area contributed by atoms with E-state index in [-0.39, 0.29) is 6.03 Å². The Hall–Kier alpha value is -3.22. The number of carbonyl (C=O) groups excluding carboxylic acids is 1. The van der Waals surface area contributed by atoms with E-state index >= 15 is 0 Å². The molecule has 2 aromatic carbocycles. The molecular weight excluding hydrogens is 400 g/mol. The number of nitrogens with one attached hydrogen (secondary N) is 1. The number of nitrogens with zero attached hydrogens (tertiary/aromatic N) is 2. The van der Waals surface area contributed by atoms with Gasteiger partial charge in [-0.25, -0.2) is 9.78 Å². The summed E-state index contributed by atoms with van der Waals surface area (Å²) in [5, 5.41) is 13.1. The van der Waals surface area contributed by atoms with Crippen LogP contribution in [0.5, 0.6) is 0 Å². The number of hydrogen-bond donors (Lipinski definition) is 3. The summed E-state index contributed by atoms with van der Waals surface area (Å²) in [4.78, 5) is 19.1. The second-order valence-corrected chi connectivity index (χ2v) is 9.20. The van der Waals surface area contributed by atoms with Crippen LogP contribution in [0.15, 0.2) is 60.7 Å². The van der Waals surface area contributed by atoms with Crippen LogP contribution in [-0.2, 0) is 12.1 Å². The first-order valence-electron chi connectivity index (χ1n) is 11.1. The van der Waals surface area contributed by atoms with Gasteiger partial charge in [0.1, 0.15) is 0 Å². The van der Waals surface area contributed by atoms with Gasteiger partial charge >= 0.3 is 6.03 Å². The molecule has 0 bridgehead atoms. The summed E-state index contributed by atoms with van der Waals surface area (Å²) in [6.45, 7) is 4.77. The number of amides is 2. The maximum absolute atomic E-state index is 12.4. The monoisotopic (exact) mass is 428 g/mol. The highest BCUT2D eigenvalue weighted by Gasteiger charge is 2.49. The predicted octanol–water partition coefficient (Wildman–Crippen LogP) is 4.16. The third-order valence-electron chi connectivity index (χ3n) is 6.55. The third-order valence-corrected chi connectivity index (χ3v) is 6.55. The number of urea groups is 1. The largest absolute Gasteiger partial charge is 0.390 e. The summed E-state index contributed by atoms with van der Waals surface area (Å²) in [7, 11) is 0. The molecule has 2 amide bonds. The third kappa shape index (κ3) is 3.45. The Kier molecular flexibility index (Phi) is 4.80. The lowest BCUT2D eigenvalue weighted by atomic mass is 9.63. The zero-order valence-electron chi connectivity index (χ0n) is 18.4. The molecule has 1 aromatic heterocycles. The molecule has 6 heteroatoms. The van der Waals surface area contributed by atoms with Crippen molar-refractivity contribution in [1.82, 2.24) is 10.3 Å². The average Bonchev–Trinajstić information content (AvgIpc) is 2.77. The van der Waals surface area contributed by atoms with Gasteiger partial charge < -0.3 is 16.2 Å². The molecule has 0 unspecified atom stereocenters. The van der Waals surface area contributed by atoms with Gasteiger partial charge in [-0.05, 0) is 43.9 Å². The number of aliphatic hydroxyl groups is 1. The second-order valence-electron chi connectivity index (χ2n) is 9.20. The maximum Gasteiger partial charge on any atom is 0.322 e. The maximum atomic E-state index is 12.4. The van der Waals surface area contributed by atoms with Crippen molar-refractivity contribution < 1.29 is 9.90 Å². The van der Waals surface area contributed by atoms with E-state index in [2.05, 4.69) is 35.6 Å². The molecule has 1 fully saturated rings. The standard InChI is InChI=1S/C26H28N4O2/c1-3-30-22-13-20(17-7-5-4-6-8-17)23(29-21(22)14-28-24(30)31)18-9-11-19(12-10-18)26(27)15-25(2,32)16-26/h4-13,32H,3,14-16,27H2,1-2H3,(H,28,31). The van der Waals surface area contributed by atoms with Gasteiger partial charge in [-0.3, -0.25) is 4.90 Å². The molecule has 4 N–H and O–H groups in total. The lowest BCUT2D eigenvalue weighted by Crippen LogP contribution is -2.58. The number of nitrogens with two attached hydrogens (primary N) is 1. The molecule has 1 aliphatic heterocycles. The van der Waals surface area contributed by atoms with Crippen molar-refractivity contribution in [3.8, 4) is 22.4 Å². The molecule has 164 valence electrons. The van der Waals surface area contributed by atoms with Crippen LogP contribution in [0.3, 0.4) is 0 Å². The minimum absolute atomic E-state index is 0.0949. The first-order valence-corrected chi connectivity index (χ1v) is 11.1. The Balaban J connectivity index is 1.60. The van der Waals surface area contributed by atoms with Crippen LogP contribution in [-0.4, -0.2) is 28.3 Å². The second kappa shape index (κ2) is 7.43. The van der Waals surface area contributed by atoms with Crippen LogP contribution >= 0.6 is 0 Å². The minimum atomic E-state index is -0.691. The van der Waals surface area contributed by atoms with E-state index in [1.54, 1.807) is 4.90 Å². The zero-order valence-corrected chi connectivity index (χ0v) is 18.4. The van der Waals surface area contributed by atoms with Crippen molar-refractivity contribution in [2.24, 2.45) is 5.73 Å². The molecule has 3 aromatic rings. The number of benzene rings is 2. The van der Waals surface area contributed by atoms with Crippen molar-refractivity contribution >= 4 is 11.7 Å². The van der Waals surface area contributed by atoms with Gasteiger partial charge in [0.2, 0.25) is 0 Å². The Morgan fingerprint density at radius 2 is 1.78 bits per heavy atom. The molecule has 0 spiro atoms. The molecule has 0 saturated heterocycles. The van der Waals surface area contributed by atoms with E-state index in [0.29, 0.717) is 25.9 Å². The summed E-state index contributed by atoms with van der Waals surface area (Å²) in [5.41, 5.74) is 12.0. The number of aromatic nitrogens is 1. The topological polar surface area (TPSA) is 91.5 Å². The number of anilines is 1. The summed E-state index contributed by atoms with van der Waals surface area (Å²) >= 11 is 0. The van der Waals surface area contributed by atoms with E-state index in [4.69, 9.17) is 10.7 Å². The van der Waals surface area contributed by atoms with Crippen LogP contribution in [0.25, 0.3) is 22.4 Å². The van der Waals surface area contributed by atoms with E-state index < -0.39 is 11.1 Å². The first kappa shape index (κ1) is 20.7. The predicted molar refractivity (Wildman–Crippen MR) is 126 cm³/mol. The van der Waals surface area contributed by atoms with Crippen LogP contribution < -0.4 is 16.0 Å². The molecule has 2 aliphatic rings. The highest BCUT2D eigenvalue weighted by molar-refractivity contribution is 5.96. The molecule has 6 nitrogen and oxygen atoms in total. The molecule has 2 heterocycles. The van der Waals surface area contributed by atoms with E-state index in [0.717, 1.165) is 39.3 Å². The Labute approximate surface area is 188 Å². The van der Waals surface area contributed by atoms with Gasteiger partial charge in [-0.2, -0.15) is 0 Å². The average molecular weight is 429 g/mol. The highest BCUT2D eigenvalue weighted by Crippen LogP contribution is 2.46. The first-order chi connectivity index (χ1) is 15.3. The summed E-state index contributed by atoms with van der Waals surface area (Å²) in [6, 6.07) is 20.3. The van der Waals surface area contributed by atoms with Gasteiger partial charge in [0.25, 0.3) is 0 Å². The fourth-order valence-electron chi connectivity index (χ4n) is 5.11. The van der Waals surface area contributed by atoms with Crippen LogP contribution in [0, 0.1) is 0 Å². The van der Waals surface area contributed by atoms with Crippen molar-refractivity contribution in [1.29, 1.82) is 0 Å². The lowest BCUT2D eigenvalue weighted by Gasteiger charge is -2.49. The summed E-state index contributed by atoms with van der Waals surface area (Å²) in [6.07, 6.45) is 1.11. The fourth-order valence-corrected chi connectivity index (χ4v) is 5.11. The SMILES string of the molecule is CCN1C(=O)NCc2nc(-c3ccc(C4(N)CC(C)(O)C4)cc3)c(-c3ccccc3)cc21. The van der Waals surface area contributed by atoms with Crippen LogP contribution in [0.4, 0.5) is 10.5 Å². The number of rotatable bonds is 4.